The van der Waals surface area contributed by atoms with Crippen molar-refractivity contribution in [1.82, 2.24) is 4.90 Å². The van der Waals surface area contributed by atoms with Gasteiger partial charge in [0.05, 0.1) is 0 Å². The van der Waals surface area contributed by atoms with Crippen LogP contribution in [0.2, 0.25) is 0 Å². The Labute approximate surface area is 111 Å². The highest BCUT2D eigenvalue weighted by molar-refractivity contribution is 5.74. The van der Waals surface area contributed by atoms with E-state index in [9.17, 15) is 9.90 Å². The summed E-state index contributed by atoms with van der Waals surface area (Å²) in [6.45, 7) is 5.36. The van der Waals surface area contributed by atoms with Gasteiger partial charge in [-0.3, -0.25) is 9.69 Å². The fourth-order valence-electron chi connectivity index (χ4n) is 3.95. The Hall–Kier alpha value is -0.570. The molecule has 1 saturated heterocycles. The maximum atomic E-state index is 11.5. The second kappa shape index (κ2) is 6.05. The molecule has 2 fully saturated rings. The lowest BCUT2D eigenvalue weighted by Gasteiger charge is -2.45. The molecule has 4 unspecified atom stereocenters. The third-order valence-electron chi connectivity index (χ3n) is 5.03. The number of hydrogen-bond donors (Lipinski definition) is 1. The fourth-order valence-corrected chi connectivity index (χ4v) is 3.95. The smallest absolute Gasteiger partial charge is 0.321 e. The van der Waals surface area contributed by atoms with Crippen molar-refractivity contribution in [2.45, 2.75) is 70.9 Å². The predicted octanol–water partition coefficient (Wildman–Crippen LogP) is 3.14. The second-order valence-corrected chi connectivity index (χ2v) is 6.24. The SMILES string of the molecule is CCC1CCCC(N2CCCC(C)C2C(=O)O)C1. The maximum Gasteiger partial charge on any atom is 0.321 e. The molecule has 0 radical (unpaired) electrons. The van der Waals surface area contributed by atoms with Gasteiger partial charge >= 0.3 is 5.97 Å². The largest absolute Gasteiger partial charge is 0.480 e. The number of carboxylic acid groups (broad SMARTS) is 1. The Kier molecular flexibility index (Phi) is 4.66. The molecule has 1 N–H and O–H groups in total. The number of nitrogens with zero attached hydrogens (tertiary/aromatic N) is 1. The highest BCUT2D eigenvalue weighted by Gasteiger charge is 2.39. The first kappa shape index (κ1) is 13.9. The summed E-state index contributed by atoms with van der Waals surface area (Å²) in [5, 5.41) is 9.49. The number of carboxylic acids is 1. The normalized spacial score (nSPS) is 38.6. The second-order valence-electron chi connectivity index (χ2n) is 6.24. The number of carbonyl (C=O) groups is 1. The molecule has 1 heterocycles. The minimum atomic E-state index is -0.610. The average molecular weight is 253 g/mol. The molecule has 3 nitrogen and oxygen atoms in total. The molecule has 1 aliphatic heterocycles. The van der Waals surface area contributed by atoms with E-state index in [0.29, 0.717) is 12.0 Å². The highest BCUT2D eigenvalue weighted by atomic mass is 16.4. The van der Waals surface area contributed by atoms with Crippen molar-refractivity contribution in [3.8, 4) is 0 Å². The quantitative estimate of drug-likeness (QED) is 0.840. The third kappa shape index (κ3) is 2.87. The molecule has 0 aromatic rings. The molecule has 1 aliphatic carbocycles. The predicted molar refractivity (Wildman–Crippen MR) is 72.6 cm³/mol. The molecule has 2 aliphatic rings. The van der Waals surface area contributed by atoms with Gasteiger partial charge in [0.15, 0.2) is 0 Å². The van der Waals surface area contributed by atoms with Crippen molar-refractivity contribution in [2.75, 3.05) is 6.54 Å². The number of aliphatic carboxylic acids is 1. The van der Waals surface area contributed by atoms with Crippen LogP contribution < -0.4 is 0 Å². The van der Waals surface area contributed by atoms with Crippen LogP contribution in [0.15, 0.2) is 0 Å². The first-order valence-electron chi connectivity index (χ1n) is 7.62. The molecule has 18 heavy (non-hydrogen) atoms. The summed E-state index contributed by atoms with van der Waals surface area (Å²) in [5.41, 5.74) is 0. The molecule has 0 aromatic heterocycles. The van der Waals surface area contributed by atoms with Crippen LogP contribution in [0.4, 0.5) is 0 Å². The Morgan fingerprint density at radius 2 is 2.06 bits per heavy atom. The van der Waals surface area contributed by atoms with Crippen LogP contribution >= 0.6 is 0 Å². The van der Waals surface area contributed by atoms with Crippen molar-refractivity contribution >= 4 is 5.97 Å². The van der Waals surface area contributed by atoms with Gasteiger partial charge in [-0.25, -0.2) is 0 Å². The van der Waals surface area contributed by atoms with E-state index in [-0.39, 0.29) is 6.04 Å². The first-order chi connectivity index (χ1) is 8.63. The molecular weight excluding hydrogens is 226 g/mol. The Balaban J connectivity index is 2.06. The third-order valence-corrected chi connectivity index (χ3v) is 5.03. The Morgan fingerprint density at radius 3 is 2.72 bits per heavy atom. The van der Waals surface area contributed by atoms with Crippen LogP contribution in [0.25, 0.3) is 0 Å². The molecular formula is C15H27NO2. The van der Waals surface area contributed by atoms with Gasteiger partial charge in [0.25, 0.3) is 0 Å². The van der Waals surface area contributed by atoms with Crippen LogP contribution in [-0.4, -0.2) is 34.6 Å². The lowest BCUT2D eigenvalue weighted by Crippen LogP contribution is -2.54. The zero-order valence-electron chi connectivity index (χ0n) is 11.8. The van der Waals surface area contributed by atoms with Gasteiger partial charge in [-0.2, -0.15) is 0 Å². The van der Waals surface area contributed by atoms with Crippen LogP contribution in [0.5, 0.6) is 0 Å². The van der Waals surface area contributed by atoms with Gasteiger partial charge < -0.3 is 5.11 Å². The molecule has 3 heteroatoms. The molecule has 0 amide bonds. The summed E-state index contributed by atoms with van der Waals surface area (Å²) in [6.07, 6.45) is 8.52. The van der Waals surface area contributed by atoms with E-state index in [0.717, 1.165) is 25.3 Å². The minimum Gasteiger partial charge on any atom is -0.480 e. The van der Waals surface area contributed by atoms with Gasteiger partial charge in [0.1, 0.15) is 6.04 Å². The van der Waals surface area contributed by atoms with Gasteiger partial charge in [0.2, 0.25) is 0 Å². The van der Waals surface area contributed by atoms with Crippen molar-refractivity contribution in [2.24, 2.45) is 11.8 Å². The first-order valence-corrected chi connectivity index (χ1v) is 7.62. The zero-order chi connectivity index (χ0) is 13.1. The maximum absolute atomic E-state index is 11.5. The monoisotopic (exact) mass is 253 g/mol. The van der Waals surface area contributed by atoms with Crippen LogP contribution in [0, 0.1) is 11.8 Å². The molecule has 104 valence electrons. The minimum absolute atomic E-state index is 0.237. The van der Waals surface area contributed by atoms with Gasteiger partial charge in [-0.15, -0.1) is 0 Å². The van der Waals surface area contributed by atoms with E-state index < -0.39 is 5.97 Å². The van der Waals surface area contributed by atoms with Crippen molar-refractivity contribution in [1.29, 1.82) is 0 Å². The summed E-state index contributed by atoms with van der Waals surface area (Å²) < 4.78 is 0. The van der Waals surface area contributed by atoms with Crippen LogP contribution in [-0.2, 0) is 4.79 Å². The summed E-state index contributed by atoms with van der Waals surface area (Å²) in [5.74, 6) is 0.509. The van der Waals surface area contributed by atoms with E-state index in [2.05, 4.69) is 18.7 Å². The van der Waals surface area contributed by atoms with Gasteiger partial charge in [-0.05, 0) is 44.1 Å². The summed E-state index contributed by atoms with van der Waals surface area (Å²) in [6, 6.07) is 0.284. The Morgan fingerprint density at radius 1 is 1.28 bits per heavy atom. The number of rotatable bonds is 3. The van der Waals surface area contributed by atoms with Crippen LogP contribution in [0.1, 0.15) is 58.8 Å². The standard InChI is InChI=1S/C15H27NO2/c1-3-12-7-4-8-13(10-12)16-9-5-6-11(2)14(16)15(17)18/h11-14H,3-10H2,1-2H3,(H,17,18). The Bertz CT molecular complexity index is 292. The highest BCUT2D eigenvalue weighted by Crippen LogP contribution is 2.34. The van der Waals surface area contributed by atoms with Crippen molar-refractivity contribution < 1.29 is 9.90 Å². The molecule has 4 atom stereocenters. The van der Waals surface area contributed by atoms with Crippen molar-refractivity contribution in [3.05, 3.63) is 0 Å². The van der Waals surface area contributed by atoms with E-state index in [1.165, 1.54) is 32.1 Å². The molecule has 0 bridgehead atoms. The van der Waals surface area contributed by atoms with E-state index in [1.807, 2.05) is 0 Å². The number of piperidine rings is 1. The van der Waals surface area contributed by atoms with E-state index in [4.69, 9.17) is 0 Å². The van der Waals surface area contributed by atoms with E-state index in [1.54, 1.807) is 0 Å². The lowest BCUT2D eigenvalue weighted by molar-refractivity contribution is -0.149. The molecule has 1 saturated carbocycles. The van der Waals surface area contributed by atoms with E-state index >= 15 is 0 Å². The topological polar surface area (TPSA) is 40.5 Å². The fraction of sp³-hybridized carbons (Fsp3) is 0.933. The molecule has 0 aromatic carbocycles. The molecule has 2 rings (SSSR count). The lowest BCUT2D eigenvalue weighted by atomic mass is 9.80. The molecule has 0 spiro atoms. The summed E-state index contributed by atoms with van der Waals surface area (Å²) >= 11 is 0. The number of likely N-dealkylation sites (tertiary alicyclic amines) is 1. The van der Waals surface area contributed by atoms with Gasteiger partial charge in [-0.1, -0.05) is 33.1 Å². The zero-order valence-corrected chi connectivity index (χ0v) is 11.8. The van der Waals surface area contributed by atoms with Crippen molar-refractivity contribution in [3.63, 3.8) is 0 Å². The van der Waals surface area contributed by atoms with Crippen LogP contribution in [0.3, 0.4) is 0 Å². The number of hydrogen-bond acceptors (Lipinski definition) is 2. The average Bonchev–Trinajstić information content (AvgIpc) is 2.38. The summed E-state index contributed by atoms with van der Waals surface area (Å²) in [4.78, 5) is 13.8. The summed E-state index contributed by atoms with van der Waals surface area (Å²) in [7, 11) is 0. The van der Waals surface area contributed by atoms with Gasteiger partial charge in [0, 0.05) is 6.04 Å².